The van der Waals surface area contributed by atoms with E-state index in [0.717, 1.165) is 0 Å². The molecule has 0 atom stereocenters. The second-order valence-electron chi connectivity index (χ2n) is 22.0. The third-order valence-electron chi connectivity index (χ3n) is 10.7. The fourth-order valence-electron chi connectivity index (χ4n) is 7.16. The average Bonchev–Trinajstić information content (AvgIpc) is 3.05. The molecule has 0 radical (unpaired) electrons. The molecule has 1 aromatic heterocycles. The Labute approximate surface area is 352 Å². The van der Waals surface area contributed by atoms with E-state index in [4.69, 9.17) is 0 Å². The van der Waals surface area contributed by atoms with Gasteiger partial charge < -0.3 is 15.3 Å². The van der Waals surface area contributed by atoms with Gasteiger partial charge in [0.15, 0.2) is 0 Å². The predicted octanol–water partition coefficient (Wildman–Crippen LogP) is 8.14. The molecule has 324 valence electrons. The molecule has 4 aromatic rings. The fraction of sp³-hybridized carbons (Fsp3) is 0.500. The Morgan fingerprint density at radius 3 is 0.583 bits per heavy atom. The van der Waals surface area contributed by atoms with Gasteiger partial charge in [-0.1, -0.05) is 125 Å². The standard InChI is InChI=1S/C48H63N3O9/c1-43(2,3)28-19-25(20-29(34(28)52)44(4,5)6)37(55)49-40(58)50(38(56)26-21-30(45(7,8)9)35(53)31(22-26)46(10,11)12)42(60)51(41(49)59)39(57)27-23-32(47(13,14)15)36(54)33(24-27)48(16,17)18/h19-24,52-54H,1-18H3. The van der Waals surface area contributed by atoms with Gasteiger partial charge in [-0.2, -0.15) is 13.7 Å². The summed E-state index contributed by atoms with van der Waals surface area (Å²) in [5.74, 6) is -4.01. The number of aromatic hydroxyl groups is 3. The van der Waals surface area contributed by atoms with Crippen LogP contribution in [0.15, 0.2) is 50.8 Å². The topological polar surface area (TPSA) is 178 Å². The van der Waals surface area contributed by atoms with Crippen molar-refractivity contribution in [3.63, 3.8) is 0 Å². The van der Waals surface area contributed by atoms with Crippen molar-refractivity contribution in [2.24, 2.45) is 0 Å². The van der Waals surface area contributed by atoms with Crippen LogP contribution in [0.25, 0.3) is 0 Å². The number of aromatic nitrogens is 3. The molecule has 4 rings (SSSR count). The molecular formula is C48H63N3O9. The van der Waals surface area contributed by atoms with Gasteiger partial charge in [0.05, 0.1) is 0 Å². The molecule has 0 spiro atoms. The third-order valence-corrected chi connectivity index (χ3v) is 10.7. The summed E-state index contributed by atoms with van der Waals surface area (Å²) < 4.78 is 0.274. The van der Waals surface area contributed by atoms with Crippen molar-refractivity contribution >= 4 is 17.7 Å². The molecule has 0 fully saturated rings. The molecule has 0 aliphatic rings. The number of hydrogen-bond donors (Lipinski definition) is 3. The fourth-order valence-corrected chi connectivity index (χ4v) is 7.16. The van der Waals surface area contributed by atoms with Gasteiger partial charge in [-0.25, -0.2) is 14.4 Å². The highest BCUT2D eigenvalue weighted by Crippen LogP contribution is 2.42. The first-order valence-electron chi connectivity index (χ1n) is 20.1. The summed E-state index contributed by atoms with van der Waals surface area (Å²) in [5.41, 5.74) is -7.97. The van der Waals surface area contributed by atoms with E-state index in [0.29, 0.717) is 33.4 Å². The van der Waals surface area contributed by atoms with E-state index in [-0.39, 0.29) is 47.6 Å². The zero-order chi connectivity index (χ0) is 46.4. The van der Waals surface area contributed by atoms with Crippen LogP contribution in [0.1, 0.15) is 189 Å². The van der Waals surface area contributed by atoms with Crippen molar-refractivity contribution in [1.82, 2.24) is 13.7 Å². The quantitative estimate of drug-likeness (QED) is 0.184. The highest BCUT2D eigenvalue weighted by atomic mass is 16.3. The number of benzene rings is 3. The molecule has 0 saturated carbocycles. The second kappa shape index (κ2) is 14.9. The summed E-state index contributed by atoms with van der Waals surface area (Å²) >= 11 is 0. The number of nitrogens with zero attached hydrogens (tertiary/aromatic N) is 3. The molecule has 1 heterocycles. The zero-order valence-electron chi connectivity index (χ0n) is 38.6. The molecule has 0 amide bonds. The maximum Gasteiger partial charge on any atom is 0.350 e. The van der Waals surface area contributed by atoms with Crippen LogP contribution in [-0.2, 0) is 32.5 Å². The number of phenols is 3. The number of carbonyl (C=O) groups is 3. The lowest BCUT2D eigenvalue weighted by molar-refractivity contribution is 0.0898. The Morgan fingerprint density at radius 1 is 0.333 bits per heavy atom. The summed E-state index contributed by atoms with van der Waals surface area (Å²) in [6, 6.07) is 8.07. The van der Waals surface area contributed by atoms with Crippen LogP contribution in [0.5, 0.6) is 17.2 Å². The van der Waals surface area contributed by atoms with Crippen molar-refractivity contribution in [1.29, 1.82) is 0 Å². The highest BCUT2D eigenvalue weighted by Gasteiger charge is 2.35. The van der Waals surface area contributed by atoms with Gasteiger partial charge in [-0.15, -0.1) is 0 Å². The molecule has 0 unspecified atom stereocenters. The van der Waals surface area contributed by atoms with E-state index in [1.807, 2.05) is 125 Å². The Hall–Kier alpha value is -5.52. The molecule has 12 heteroatoms. The number of rotatable bonds is 3. The van der Waals surface area contributed by atoms with Gasteiger partial charge in [-0.3, -0.25) is 14.4 Å². The van der Waals surface area contributed by atoms with E-state index in [9.17, 15) is 44.1 Å². The Kier molecular flexibility index (Phi) is 11.7. The number of hydrogen-bond acceptors (Lipinski definition) is 9. The van der Waals surface area contributed by atoms with Crippen molar-refractivity contribution < 1.29 is 29.7 Å². The number of phenolic OH excluding ortho intramolecular Hbond substituents is 3. The van der Waals surface area contributed by atoms with Crippen molar-refractivity contribution in [3.8, 4) is 17.2 Å². The Bertz CT molecular complexity index is 2200. The zero-order valence-corrected chi connectivity index (χ0v) is 38.6. The molecule has 0 bridgehead atoms. The van der Waals surface area contributed by atoms with Crippen LogP contribution >= 0.6 is 0 Å². The first kappa shape index (κ1) is 47.2. The van der Waals surface area contributed by atoms with E-state index in [1.54, 1.807) is 0 Å². The smallest absolute Gasteiger partial charge is 0.350 e. The van der Waals surface area contributed by atoms with Gasteiger partial charge >= 0.3 is 17.1 Å². The van der Waals surface area contributed by atoms with Gasteiger partial charge in [-0.05, 0) is 68.9 Å². The molecule has 60 heavy (non-hydrogen) atoms. The maximum atomic E-state index is 14.8. The van der Waals surface area contributed by atoms with Crippen LogP contribution in [-0.4, -0.2) is 46.7 Å². The van der Waals surface area contributed by atoms with Crippen molar-refractivity contribution in [2.75, 3.05) is 0 Å². The van der Waals surface area contributed by atoms with Gasteiger partial charge in [0.1, 0.15) is 17.2 Å². The Morgan fingerprint density at radius 2 is 0.467 bits per heavy atom. The summed E-state index contributed by atoms with van der Waals surface area (Å²) in [7, 11) is 0. The largest absolute Gasteiger partial charge is 0.507 e. The predicted molar refractivity (Wildman–Crippen MR) is 235 cm³/mol. The maximum absolute atomic E-state index is 14.8. The van der Waals surface area contributed by atoms with E-state index < -0.39 is 67.3 Å². The molecular weight excluding hydrogens is 763 g/mol. The summed E-state index contributed by atoms with van der Waals surface area (Å²) in [6.45, 7) is 32.6. The van der Waals surface area contributed by atoms with Gasteiger partial charge in [0.25, 0.3) is 17.7 Å². The minimum absolute atomic E-state index is 0.0834. The van der Waals surface area contributed by atoms with Crippen LogP contribution in [0.3, 0.4) is 0 Å². The minimum Gasteiger partial charge on any atom is -0.507 e. The lowest BCUT2D eigenvalue weighted by Crippen LogP contribution is -2.59. The first-order valence-corrected chi connectivity index (χ1v) is 20.1. The summed E-state index contributed by atoms with van der Waals surface area (Å²) in [4.78, 5) is 88.3. The molecule has 0 aliphatic carbocycles. The first-order chi connectivity index (χ1) is 26.8. The highest BCUT2D eigenvalue weighted by molar-refractivity contribution is 6.01. The lowest BCUT2D eigenvalue weighted by atomic mass is 9.78. The molecule has 3 aromatic carbocycles. The second-order valence-corrected chi connectivity index (χ2v) is 22.0. The van der Waals surface area contributed by atoms with E-state index >= 15 is 0 Å². The molecule has 0 aliphatic heterocycles. The van der Waals surface area contributed by atoms with Crippen molar-refractivity contribution in [2.45, 2.75) is 157 Å². The molecule has 0 saturated heterocycles. The van der Waals surface area contributed by atoms with E-state index in [2.05, 4.69) is 0 Å². The van der Waals surface area contributed by atoms with Crippen LogP contribution < -0.4 is 17.1 Å². The third kappa shape index (κ3) is 8.69. The normalized spacial score (nSPS) is 13.1. The average molecular weight is 826 g/mol. The summed E-state index contributed by atoms with van der Waals surface area (Å²) in [5, 5.41) is 34.2. The number of carbonyl (C=O) groups excluding carboxylic acids is 3. The van der Waals surface area contributed by atoms with Crippen LogP contribution in [0.2, 0.25) is 0 Å². The Balaban J connectivity index is 2.27. The van der Waals surface area contributed by atoms with Gasteiger partial charge in [0, 0.05) is 50.1 Å². The SMILES string of the molecule is CC(C)(C)c1cc(C(=O)n2c(=O)n(C(=O)c3cc(C(C)(C)C)c(O)c(C(C)(C)C)c3)c(=O)n(C(=O)c3cc(C(C)(C)C)c(O)c(C(C)(C)C)c3)c2=O)cc(C(C)(C)C)c1O. The molecule has 12 nitrogen and oxygen atoms in total. The lowest BCUT2D eigenvalue weighted by Gasteiger charge is -2.28. The molecule has 3 N–H and O–H groups in total. The van der Waals surface area contributed by atoms with Crippen molar-refractivity contribution in [3.05, 3.63) is 118 Å². The van der Waals surface area contributed by atoms with E-state index in [1.165, 1.54) is 36.4 Å². The van der Waals surface area contributed by atoms with Crippen LogP contribution in [0.4, 0.5) is 0 Å². The minimum atomic E-state index is -1.62. The van der Waals surface area contributed by atoms with Crippen LogP contribution in [0, 0.1) is 0 Å². The van der Waals surface area contributed by atoms with Gasteiger partial charge in [0.2, 0.25) is 0 Å². The summed E-state index contributed by atoms with van der Waals surface area (Å²) in [6.07, 6.45) is 0. The monoisotopic (exact) mass is 825 g/mol.